The highest BCUT2D eigenvalue weighted by Crippen LogP contribution is 2.17. The van der Waals surface area contributed by atoms with Gasteiger partial charge in [-0.3, -0.25) is 14.4 Å². The molecule has 6 heteroatoms. The van der Waals surface area contributed by atoms with Crippen LogP contribution in [0.1, 0.15) is 316 Å². The molecule has 83 heavy (non-hydrogen) atoms. The molecule has 0 heterocycles. The molecule has 0 fully saturated rings. The van der Waals surface area contributed by atoms with Crippen LogP contribution in [0.4, 0.5) is 0 Å². The minimum absolute atomic E-state index is 0.111. The van der Waals surface area contributed by atoms with Crippen LogP contribution in [0.15, 0.2) is 134 Å². The third-order valence-electron chi connectivity index (χ3n) is 14.7. The Kier molecular flexibility index (Phi) is 66.3. The monoisotopic (exact) mass is 1150 g/mol. The minimum atomic E-state index is -0.824. The SMILES string of the molecule is CC/C=C\C/C=C\C/C=C\C/C=C\C/C=C\C/C=C\CCCCCCCCCCCCC(=O)OCC(COC(=O)C/C=C\C/C=C\C/C=C\C/C=C\C/C=C\CC)OC(=O)CCCCCCCCCCCCCCCCCCCCCCC. The summed E-state index contributed by atoms with van der Waals surface area (Å²) < 4.78 is 16.9. The average Bonchev–Trinajstić information content (AvgIpc) is 3.49. The molecule has 0 aliphatic carbocycles. The summed E-state index contributed by atoms with van der Waals surface area (Å²) in [4.78, 5) is 38.4. The zero-order valence-electron chi connectivity index (χ0n) is 54.2. The maximum Gasteiger partial charge on any atom is 0.309 e. The summed E-state index contributed by atoms with van der Waals surface area (Å²) >= 11 is 0. The lowest BCUT2D eigenvalue weighted by Crippen LogP contribution is -2.30. The van der Waals surface area contributed by atoms with Crippen molar-refractivity contribution in [1.29, 1.82) is 0 Å². The van der Waals surface area contributed by atoms with E-state index in [9.17, 15) is 14.4 Å². The van der Waals surface area contributed by atoms with Gasteiger partial charge >= 0.3 is 17.9 Å². The van der Waals surface area contributed by atoms with E-state index < -0.39 is 12.1 Å². The van der Waals surface area contributed by atoms with Crippen molar-refractivity contribution >= 4 is 17.9 Å². The second kappa shape index (κ2) is 70.0. The maximum absolute atomic E-state index is 12.9. The Balaban J connectivity index is 4.38. The van der Waals surface area contributed by atoms with E-state index in [2.05, 4.69) is 142 Å². The molecule has 0 aromatic carbocycles. The molecule has 472 valence electrons. The molecule has 0 aliphatic rings. The lowest BCUT2D eigenvalue weighted by molar-refractivity contribution is -0.166. The number of ether oxygens (including phenoxy) is 3. The van der Waals surface area contributed by atoms with E-state index >= 15 is 0 Å². The molecule has 0 aromatic rings. The summed E-state index contributed by atoms with van der Waals surface area (Å²) in [6.45, 7) is 6.35. The van der Waals surface area contributed by atoms with E-state index in [0.29, 0.717) is 12.8 Å². The van der Waals surface area contributed by atoms with Gasteiger partial charge < -0.3 is 14.2 Å². The Hall–Kier alpha value is -4.45. The van der Waals surface area contributed by atoms with Crippen LogP contribution in [0.2, 0.25) is 0 Å². The number of allylic oxidation sites excluding steroid dienone is 21. The van der Waals surface area contributed by atoms with E-state index in [-0.39, 0.29) is 31.6 Å². The third kappa shape index (κ3) is 68.2. The fraction of sp³-hybridized carbons (Fsp3) is 0.675. The maximum atomic E-state index is 12.9. The van der Waals surface area contributed by atoms with Gasteiger partial charge in [0.1, 0.15) is 13.2 Å². The summed E-state index contributed by atoms with van der Waals surface area (Å²) in [7, 11) is 0. The van der Waals surface area contributed by atoms with Crippen molar-refractivity contribution in [1.82, 2.24) is 0 Å². The zero-order valence-corrected chi connectivity index (χ0v) is 54.2. The number of carbonyl (C=O) groups excluding carboxylic acids is 3. The molecule has 0 spiro atoms. The van der Waals surface area contributed by atoms with Gasteiger partial charge in [-0.1, -0.05) is 334 Å². The number of unbranched alkanes of at least 4 members (excludes halogenated alkanes) is 30. The van der Waals surface area contributed by atoms with E-state index in [1.165, 1.54) is 167 Å². The van der Waals surface area contributed by atoms with Crippen LogP contribution in [0.25, 0.3) is 0 Å². The second-order valence-electron chi connectivity index (χ2n) is 22.7. The Morgan fingerprint density at radius 1 is 0.265 bits per heavy atom. The fourth-order valence-corrected chi connectivity index (χ4v) is 9.58. The molecular weight excluding hydrogens is 1020 g/mol. The van der Waals surface area contributed by atoms with Crippen LogP contribution in [0.3, 0.4) is 0 Å². The van der Waals surface area contributed by atoms with Crippen molar-refractivity contribution in [2.45, 2.75) is 322 Å². The van der Waals surface area contributed by atoms with Crippen molar-refractivity contribution < 1.29 is 28.6 Å². The minimum Gasteiger partial charge on any atom is -0.462 e. The molecule has 0 aromatic heterocycles. The first-order chi connectivity index (χ1) is 41.0. The third-order valence-corrected chi connectivity index (χ3v) is 14.7. The summed E-state index contributed by atoms with van der Waals surface area (Å²) in [6, 6.07) is 0. The molecule has 0 bridgehead atoms. The van der Waals surface area contributed by atoms with Gasteiger partial charge in [-0.15, -0.1) is 0 Å². The van der Waals surface area contributed by atoms with E-state index in [0.717, 1.165) is 109 Å². The second-order valence-corrected chi connectivity index (χ2v) is 22.7. The summed E-state index contributed by atoms with van der Waals surface area (Å²) in [6.07, 6.45) is 99.3. The smallest absolute Gasteiger partial charge is 0.309 e. The number of esters is 3. The van der Waals surface area contributed by atoms with Crippen LogP contribution in [-0.2, 0) is 28.6 Å². The number of rotatable bonds is 62. The van der Waals surface area contributed by atoms with Gasteiger partial charge in [-0.05, 0) is 96.3 Å². The number of carbonyl (C=O) groups is 3. The molecule has 0 N–H and O–H groups in total. The number of hydrogen-bond acceptors (Lipinski definition) is 6. The zero-order chi connectivity index (χ0) is 59.9. The Morgan fingerprint density at radius 3 is 0.843 bits per heavy atom. The standard InChI is InChI=1S/C77H128O6/c1-4-7-10-13-16-19-22-25-28-30-32-34-35-36-37-38-39-40-41-43-44-46-49-52-55-58-61-64-67-70-76(79)82-73-74(72-81-75(78)69-66-63-60-57-54-51-48-27-24-21-18-15-12-9-6-3)83-77(80)71-68-65-62-59-56-53-50-47-45-42-33-31-29-26-23-20-17-14-11-8-5-2/h7,9-10,12,16,18-19,21,25,27-28,32,34,36-37,39-40,48,54,57,63,66,74H,4-6,8,11,13-15,17,20,22-24,26,29-31,33,35,38,41-47,49-53,55-56,58-62,64-65,67-73H2,1-3H3/b10-7-,12-9-,19-16-,21-18-,28-25-,34-32-,37-36-,40-39-,48-27-,57-54-,66-63-. The molecule has 6 nitrogen and oxygen atoms in total. The number of hydrogen-bond donors (Lipinski definition) is 0. The van der Waals surface area contributed by atoms with Crippen LogP contribution in [0, 0.1) is 0 Å². The van der Waals surface area contributed by atoms with Crippen LogP contribution in [0.5, 0.6) is 0 Å². The molecule has 0 aliphatic heterocycles. The van der Waals surface area contributed by atoms with Crippen molar-refractivity contribution in [2.24, 2.45) is 0 Å². The van der Waals surface area contributed by atoms with Crippen molar-refractivity contribution in [2.75, 3.05) is 13.2 Å². The van der Waals surface area contributed by atoms with Crippen molar-refractivity contribution in [3.05, 3.63) is 134 Å². The molecule has 0 saturated heterocycles. The average molecular weight is 1150 g/mol. The Labute approximate surface area is 513 Å². The Bertz CT molecular complexity index is 1750. The lowest BCUT2D eigenvalue weighted by atomic mass is 10.0. The highest BCUT2D eigenvalue weighted by Gasteiger charge is 2.19. The highest BCUT2D eigenvalue weighted by molar-refractivity contribution is 5.72. The first kappa shape index (κ1) is 78.5. The predicted molar refractivity (Wildman–Crippen MR) is 362 cm³/mol. The molecule has 0 amide bonds. The molecule has 0 rings (SSSR count). The summed E-state index contributed by atoms with van der Waals surface area (Å²) in [5.41, 5.74) is 0. The van der Waals surface area contributed by atoms with Gasteiger partial charge in [0.25, 0.3) is 0 Å². The van der Waals surface area contributed by atoms with Gasteiger partial charge in [-0.2, -0.15) is 0 Å². The van der Waals surface area contributed by atoms with Crippen LogP contribution in [-0.4, -0.2) is 37.2 Å². The molecule has 0 radical (unpaired) electrons. The first-order valence-corrected chi connectivity index (χ1v) is 34.7. The van der Waals surface area contributed by atoms with Gasteiger partial charge in [0.2, 0.25) is 0 Å². The van der Waals surface area contributed by atoms with E-state index in [1.54, 1.807) is 6.08 Å². The van der Waals surface area contributed by atoms with Gasteiger partial charge in [0.05, 0.1) is 6.42 Å². The van der Waals surface area contributed by atoms with Crippen LogP contribution < -0.4 is 0 Å². The normalized spacial score (nSPS) is 13.0. The summed E-state index contributed by atoms with van der Waals surface area (Å²) in [5, 5.41) is 0. The Morgan fingerprint density at radius 2 is 0.518 bits per heavy atom. The van der Waals surface area contributed by atoms with E-state index in [1.807, 2.05) is 6.08 Å². The van der Waals surface area contributed by atoms with Gasteiger partial charge in [0.15, 0.2) is 6.10 Å². The molecule has 1 unspecified atom stereocenters. The van der Waals surface area contributed by atoms with E-state index in [4.69, 9.17) is 14.2 Å². The quantitative estimate of drug-likeness (QED) is 0.0261. The molecule has 0 saturated carbocycles. The van der Waals surface area contributed by atoms with Gasteiger partial charge in [-0.25, -0.2) is 0 Å². The summed E-state index contributed by atoms with van der Waals surface area (Å²) in [5.74, 6) is -1.04. The predicted octanol–water partition coefficient (Wildman–Crippen LogP) is 24.1. The highest BCUT2D eigenvalue weighted by atomic mass is 16.6. The largest absolute Gasteiger partial charge is 0.462 e. The first-order valence-electron chi connectivity index (χ1n) is 34.7. The molecule has 1 atom stereocenters. The van der Waals surface area contributed by atoms with Crippen molar-refractivity contribution in [3.63, 3.8) is 0 Å². The topological polar surface area (TPSA) is 78.9 Å². The van der Waals surface area contributed by atoms with Gasteiger partial charge in [0, 0.05) is 12.8 Å². The fourth-order valence-electron chi connectivity index (χ4n) is 9.58. The van der Waals surface area contributed by atoms with Crippen molar-refractivity contribution in [3.8, 4) is 0 Å². The van der Waals surface area contributed by atoms with Crippen LogP contribution >= 0.6 is 0 Å². The molecular formula is C77H128O6. The lowest BCUT2D eigenvalue weighted by Gasteiger charge is -2.18.